The van der Waals surface area contributed by atoms with Crippen molar-refractivity contribution in [3.05, 3.63) is 0 Å². The van der Waals surface area contributed by atoms with Gasteiger partial charge >= 0.3 is 23.9 Å². The Kier molecular flexibility index (Phi) is 10.3. The number of hydrogen-bond donors (Lipinski definition) is 5. The Morgan fingerprint density at radius 3 is 2.20 bits per heavy atom. The Morgan fingerprint density at radius 1 is 0.946 bits per heavy atom. The molecule has 4 aliphatic carbocycles. The number of nitrogens with zero attached hydrogens (tertiary/aromatic N) is 1. The number of ether oxygens (including phenoxy) is 5. The number of carbonyl (C=O) groups is 4. The van der Waals surface area contributed by atoms with Crippen LogP contribution in [0.4, 0.5) is 0 Å². The van der Waals surface area contributed by atoms with Crippen LogP contribution in [0.2, 0.25) is 0 Å². The lowest BCUT2D eigenvalue weighted by Gasteiger charge is -2.64. The van der Waals surface area contributed by atoms with Crippen molar-refractivity contribution in [3.63, 3.8) is 0 Å². The number of hydrogen-bond acceptors (Lipinski definition) is 15. The smallest absolute Gasteiger partial charge is 0.340 e. The quantitative estimate of drug-likeness (QED) is 0.173. The van der Waals surface area contributed by atoms with Gasteiger partial charge in [0.2, 0.25) is 0 Å². The van der Waals surface area contributed by atoms with Crippen LogP contribution >= 0.6 is 0 Å². The van der Waals surface area contributed by atoms with Crippen molar-refractivity contribution in [1.82, 2.24) is 4.90 Å². The molecule has 56 heavy (non-hydrogen) atoms. The minimum atomic E-state index is -2.25. The first-order valence-corrected chi connectivity index (χ1v) is 20.7. The van der Waals surface area contributed by atoms with Crippen LogP contribution in [0.5, 0.6) is 0 Å². The van der Waals surface area contributed by atoms with Crippen LogP contribution in [0.1, 0.15) is 101 Å². The molecular weight excluding hydrogens is 730 g/mol. The Morgan fingerprint density at radius 2 is 1.59 bits per heavy atom. The number of rotatable bonds is 8. The van der Waals surface area contributed by atoms with E-state index in [4.69, 9.17) is 23.7 Å². The van der Waals surface area contributed by atoms with Crippen LogP contribution in [0, 0.1) is 46.8 Å². The number of aliphatic hydroxyl groups is 5. The monoisotopic (exact) mass is 793 g/mol. The van der Waals surface area contributed by atoms with Crippen LogP contribution < -0.4 is 0 Å². The second kappa shape index (κ2) is 13.8. The van der Waals surface area contributed by atoms with Crippen LogP contribution in [-0.4, -0.2) is 139 Å². The van der Waals surface area contributed by atoms with Crippen molar-refractivity contribution in [2.24, 2.45) is 46.8 Å². The number of esters is 4. The molecule has 0 aromatic carbocycles. The molecule has 20 atom stereocenters. The highest BCUT2D eigenvalue weighted by molar-refractivity contribution is 5.79. The molecule has 7 fully saturated rings. The van der Waals surface area contributed by atoms with Gasteiger partial charge < -0.3 is 49.2 Å². The Bertz CT molecular complexity index is 1600. The molecule has 3 saturated heterocycles. The molecule has 316 valence electrons. The maximum Gasteiger partial charge on any atom is 0.340 e. The summed E-state index contributed by atoms with van der Waals surface area (Å²) in [5.41, 5.74) is -8.14. The zero-order chi connectivity index (χ0) is 41.2. The van der Waals surface area contributed by atoms with E-state index in [0.29, 0.717) is 38.3 Å². The van der Waals surface area contributed by atoms with Gasteiger partial charge in [-0.05, 0) is 77.0 Å². The van der Waals surface area contributed by atoms with Gasteiger partial charge in [0.1, 0.15) is 30.0 Å². The molecule has 0 radical (unpaired) electrons. The van der Waals surface area contributed by atoms with Crippen LogP contribution in [0.25, 0.3) is 0 Å². The van der Waals surface area contributed by atoms with Crippen molar-refractivity contribution in [3.8, 4) is 0 Å². The fraction of sp³-hybridized carbons (Fsp3) is 0.902. The van der Waals surface area contributed by atoms with Crippen LogP contribution in [0.3, 0.4) is 0 Å². The zero-order valence-corrected chi connectivity index (χ0v) is 34.2. The Balaban J connectivity index is 1.42. The molecule has 1 spiro atoms. The molecule has 15 heteroatoms. The normalized spacial score (nSPS) is 49.8. The SMILES string of the molecule is CCC(C)C(=O)O[C@H]1[C@H](O)[C@H]2C(CN3CC(C)CC[C@H]3[C@@]2(C)O)C2C[C@]34O[C@@H]5C(OC(=O)C(C)(O)C(C)O)CCC3(C)C5[C@@H](OC(C)=O)[C@@H](OC(C)=O)C4[C@@]21O. The summed E-state index contributed by atoms with van der Waals surface area (Å²) in [6.45, 7) is 15.4. The highest BCUT2D eigenvalue weighted by Gasteiger charge is 2.87. The molecule has 3 aliphatic heterocycles. The average molecular weight is 794 g/mol. The van der Waals surface area contributed by atoms with Gasteiger partial charge in [-0.1, -0.05) is 27.7 Å². The van der Waals surface area contributed by atoms with E-state index in [1.807, 2.05) is 13.8 Å². The summed E-state index contributed by atoms with van der Waals surface area (Å²) in [5.74, 6) is -7.53. The summed E-state index contributed by atoms with van der Waals surface area (Å²) in [7, 11) is 0. The predicted molar refractivity (Wildman–Crippen MR) is 195 cm³/mol. The lowest BCUT2D eigenvalue weighted by atomic mass is 9.48. The van der Waals surface area contributed by atoms with Crippen molar-refractivity contribution in [2.45, 2.75) is 172 Å². The van der Waals surface area contributed by atoms with Crippen molar-refractivity contribution in [2.75, 3.05) is 13.1 Å². The average Bonchev–Trinajstić information content (AvgIpc) is 3.42. The fourth-order valence-electron chi connectivity index (χ4n) is 13.0. The van der Waals surface area contributed by atoms with E-state index in [0.717, 1.165) is 13.3 Å². The van der Waals surface area contributed by atoms with E-state index in [-0.39, 0.29) is 18.9 Å². The minimum absolute atomic E-state index is 0.143. The molecule has 4 saturated carbocycles. The zero-order valence-electron chi connectivity index (χ0n) is 34.2. The third-order valence-electron chi connectivity index (χ3n) is 16.0. The van der Waals surface area contributed by atoms with Gasteiger partial charge in [0.25, 0.3) is 0 Å². The van der Waals surface area contributed by atoms with Gasteiger partial charge in [0.05, 0.1) is 35.2 Å². The topological polar surface area (TPSA) is 219 Å². The summed E-state index contributed by atoms with van der Waals surface area (Å²) in [6.07, 6.45) is -6.45. The van der Waals surface area contributed by atoms with Gasteiger partial charge in [-0.3, -0.25) is 19.3 Å². The summed E-state index contributed by atoms with van der Waals surface area (Å²) >= 11 is 0. The molecule has 7 aliphatic rings. The maximum atomic E-state index is 13.9. The van der Waals surface area contributed by atoms with E-state index < -0.39 is 130 Å². The standard InChI is InChI=1S/C41H63NO14/c1-10-19(3)35(47)55-34-29(46)27-23(17-42-16-18(2)11-12-26(42)39(27,9)50)24-15-40-33(41(24,34)51)32(53-22(6)45)31(52-21(5)44)28-30(56-40)25(13-14-37(28,40)7)54-36(48)38(8,49)20(4)43/h18-20,23-34,43,46,49-51H,10-17H2,1-9H3/t18?,19?,20?,23?,24?,25?,26-,27+,28?,29+,30+,31+,32+,33?,34-,37?,38?,39+,40+,41-/m0/s1. The first-order chi connectivity index (χ1) is 26.0. The van der Waals surface area contributed by atoms with E-state index in [1.54, 1.807) is 13.8 Å². The molecule has 5 N–H and O–H groups in total. The Hall–Kier alpha value is -2.40. The van der Waals surface area contributed by atoms with E-state index >= 15 is 0 Å². The first-order valence-electron chi connectivity index (χ1n) is 20.7. The summed E-state index contributed by atoms with van der Waals surface area (Å²) in [5, 5.41) is 60.2. The molecule has 4 bridgehead atoms. The van der Waals surface area contributed by atoms with Crippen molar-refractivity contribution in [1.29, 1.82) is 0 Å². The summed E-state index contributed by atoms with van der Waals surface area (Å²) in [4.78, 5) is 55.6. The van der Waals surface area contributed by atoms with Crippen molar-refractivity contribution < 1.29 is 68.4 Å². The molecule has 0 amide bonds. The van der Waals surface area contributed by atoms with Crippen LogP contribution in [0.15, 0.2) is 0 Å². The molecule has 0 aromatic heterocycles. The Labute approximate surface area is 328 Å². The number of fused-ring (bicyclic) bond motifs is 5. The van der Waals surface area contributed by atoms with E-state index in [9.17, 15) is 44.7 Å². The second-order valence-electron chi connectivity index (χ2n) is 19.3. The van der Waals surface area contributed by atoms with E-state index in [1.165, 1.54) is 20.8 Å². The maximum absolute atomic E-state index is 13.9. The second-order valence-corrected chi connectivity index (χ2v) is 19.3. The summed E-state index contributed by atoms with van der Waals surface area (Å²) in [6, 6.07) is -0.283. The lowest BCUT2D eigenvalue weighted by molar-refractivity contribution is -0.301. The summed E-state index contributed by atoms with van der Waals surface area (Å²) < 4.78 is 31.7. The van der Waals surface area contributed by atoms with Gasteiger partial charge in [-0.15, -0.1) is 0 Å². The first kappa shape index (κ1) is 41.7. The predicted octanol–water partition coefficient (Wildman–Crippen LogP) is 1.26. The number of piperidine rings is 2. The van der Waals surface area contributed by atoms with Crippen molar-refractivity contribution >= 4 is 23.9 Å². The number of aliphatic hydroxyl groups excluding tert-OH is 2. The molecule has 10 unspecified atom stereocenters. The molecule has 15 nitrogen and oxygen atoms in total. The van der Waals surface area contributed by atoms with Gasteiger partial charge in [0, 0.05) is 50.2 Å². The highest BCUT2D eigenvalue weighted by atomic mass is 16.6. The fourth-order valence-corrected chi connectivity index (χ4v) is 13.0. The lowest BCUT2D eigenvalue weighted by Crippen LogP contribution is -2.78. The van der Waals surface area contributed by atoms with Gasteiger partial charge in [-0.25, -0.2) is 4.79 Å². The minimum Gasteiger partial charge on any atom is -0.458 e. The van der Waals surface area contributed by atoms with Crippen LogP contribution in [-0.2, 0) is 42.9 Å². The largest absolute Gasteiger partial charge is 0.458 e. The van der Waals surface area contributed by atoms with Gasteiger partial charge in [-0.2, -0.15) is 0 Å². The highest BCUT2D eigenvalue weighted by Crippen LogP contribution is 2.76. The number of carbonyl (C=O) groups excluding carboxylic acids is 4. The third kappa shape index (κ3) is 5.75. The molecular formula is C41H63NO14. The molecule has 3 heterocycles. The third-order valence-corrected chi connectivity index (χ3v) is 16.0. The molecule has 7 rings (SSSR count). The van der Waals surface area contributed by atoms with Gasteiger partial charge in [0.15, 0.2) is 11.7 Å². The van der Waals surface area contributed by atoms with E-state index in [2.05, 4.69) is 11.8 Å². The molecule has 0 aromatic rings.